The maximum Gasteiger partial charge on any atom is 0.268 e. The summed E-state index contributed by atoms with van der Waals surface area (Å²) in [6.07, 6.45) is 76.1. The van der Waals surface area contributed by atoms with E-state index >= 15 is 0 Å². The fourth-order valence-electron chi connectivity index (χ4n) is 6.16. The van der Waals surface area contributed by atoms with E-state index in [1.54, 1.807) is 6.08 Å². The maximum atomic E-state index is 12.9. The molecule has 2 N–H and O–H groups in total. The van der Waals surface area contributed by atoms with Gasteiger partial charge in [0.25, 0.3) is 7.82 Å². The minimum atomic E-state index is -4.62. The zero-order chi connectivity index (χ0) is 49.9. The molecule has 0 aromatic rings. The van der Waals surface area contributed by atoms with Gasteiger partial charge in [-0.3, -0.25) is 9.36 Å². The lowest BCUT2D eigenvalue weighted by atomic mass is 10.1. The van der Waals surface area contributed by atoms with Gasteiger partial charge >= 0.3 is 0 Å². The van der Waals surface area contributed by atoms with Gasteiger partial charge in [0.15, 0.2) is 0 Å². The number of nitrogens with one attached hydrogen (secondary N) is 1. The smallest absolute Gasteiger partial charge is 0.268 e. The van der Waals surface area contributed by atoms with Crippen LogP contribution in [-0.4, -0.2) is 68.5 Å². The third-order valence-corrected chi connectivity index (χ3v) is 11.1. The Kier molecular flexibility index (Phi) is 45.4. The molecule has 3 unspecified atom stereocenters. The third kappa shape index (κ3) is 50.0. The van der Waals surface area contributed by atoms with E-state index in [0.717, 1.165) is 122 Å². The second kappa shape index (κ2) is 48.2. The van der Waals surface area contributed by atoms with E-state index in [1.165, 1.54) is 0 Å². The van der Waals surface area contributed by atoms with Crippen LogP contribution in [0.1, 0.15) is 155 Å². The fourth-order valence-corrected chi connectivity index (χ4v) is 6.88. The average Bonchev–Trinajstić information content (AvgIpc) is 3.30. The number of amides is 1. The molecule has 0 rings (SSSR count). The zero-order valence-corrected chi connectivity index (χ0v) is 44.1. The summed E-state index contributed by atoms with van der Waals surface area (Å²) >= 11 is 0. The van der Waals surface area contributed by atoms with Gasteiger partial charge in [-0.15, -0.1) is 0 Å². The van der Waals surface area contributed by atoms with Crippen LogP contribution in [0.2, 0.25) is 0 Å². The summed E-state index contributed by atoms with van der Waals surface area (Å²) in [5.41, 5.74) is 0. The molecule has 0 aliphatic rings. The first-order chi connectivity index (χ1) is 33.0. The number of aliphatic hydroxyl groups excluding tert-OH is 1. The van der Waals surface area contributed by atoms with Crippen LogP contribution in [0.15, 0.2) is 158 Å². The molecule has 3 atom stereocenters. The van der Waals surface area contributed by atoms with Gasteiger partial charge in [-0.25, -0.2) is 0 Å². The molecular weight excluding hydrogens is 864 g/mol. The van der Waals surface area contributed by atoms with Crippen molar-refractivity contribution in [3.8, 4) is 0 Å². The van der Waals surface area contributed by atoms with Crippen LogP contribution in [0.4, 0.5) is 0 Å². The van der Waals surface area contributed by atoms with E-state index in [0.29, 0.717) is 23.9 Å². The first kappa shape index (κ1) is 64.1. The highest BCUT2D eigenvalue weighted by Gasteiger charge is 2.23. The molecule has 9 heteroatoms. The van der Waals surface area contributed by atoms with E-state index < -0.39 is 26.6 Å². The molecule has 1 amide bonds. The number of hydrogen-bond donors (Lipinski definition) is 2. The maximum absolute atomic E-state index is 12.9. The molecule has 0 saturated carbocycles. The first-order valence-electron chi connectivity index (χ1n) is 25.8. The highest BCUT2D eigenvalue weighted by atomic mass is 31.2. The van der Waals surface area contributed by atoms with Crippen molar-refractivity contribution >= 4 is 13.7 Å². The first-order valence-corrected chi connectivity index (χ1v) is 27.3. The van der Waals surface area contributed by atoms with Crippen molar-refractivity contribution in [3.63, 3.8) is 0 Å². The summed E-state index contributed by atoms with van der Waals surface area (Å²) in [6, 6.07) is -0.934. The normalized spacial score (nSPS) is 15.3. The van der Waals surface area contributed by atoms with Crippen molar-refractivity contribution in [1.29, 1.82) is 0 Å². The van der Waals surface area contributed by atoms with Crippen molar-refractivity contribution in [2.75, 3.05) is 40.9 Å². The van der Waals surface area contributed by atoms with Crippen LogP contribution in [0, 0.1) is 0 Å². The Balaban J connectivity index is 4.28. The topological polar surface area (TPSA) is 108 Å². The standard InChI is InChI=1S/C59H95N2O6P/c1-6-8-10-12-14-16-18-19-20-21-22-23-24-25-26-27-28-29-30-31-32-33-34-35-36-37-38-39-40-41-43-45-47-49-51-53-59(63)60-57(56-67-68(64,65)66-55-54-61(3,4)5)58(62)52-50-48-46-44-42-17-15-13-11-9-7-2/h8,10-11,13-14,16,19-20,22-23,25-26,28-29,31-32,34-35,37-38,40-42,44,50,52,57-58,62H,6-7,9,12,15,17-18,21,24,27,30,33,36,39,43,45-49,51,53-56H2,1-5H3,(H-,60,63,64,65)/b10-8-,13-11+,16-14-,20-19-,23-22-,26-25-,29-28-,32-31-,35-34-,38-37-,41-40-,44-42+,52-50+. The second-order valence-electron chi connectivity index (χ2n) is 17.8. The Morgan fingerprint density at radius 2 is 0.912 bits per heavy atom. The Bertz CT molecular complexity index is 1650. The van der Waals surface area contributed by atoms with E-state index in [2.05, 4.69) is 165 Å². The molecule has 0 heterocycles. The molecule has 382 valence electrons. The van der Waals surface area contributed by atoms with Gasteiger partial charge in [0.1, 0.15) is 13.2 Å². The molecule has 0 radical (unpaired) electrons. The van der Waals surface area contributed by atoms with Gasteiger partial charge in [0, 0.05) is 6.42 Å². The molecule has 0 aromatic carbocycles. The van der Waals surface area contributed by atoms with Gasteiger partial charge in [0.05, 0.1) is 39.9 Å². The molecule has 0 aliphatic heterocycles. The number of likely N-dealkylation sites (N-methyl/N-ethyl adjacent to an activating group) is 1. The number of unbranched alkanes of at least 4 members (excludes halogenated alkanes) is 7. The van der Waals surface area contributed by atoms with E-state index in [1.807, 2.05) is 27.2 Å². The van der Waals surface area contributed by atoms with Crippen LogP contribution < -0.4 is 10.2 Å². The third-order valence-electron chi connectivity index (χ3n) is 10.2. The monoisotopic (exact) mass is 959 g/mol. The summed E-state index contributed by atoms with van der Waals surface area (Å²) in [4.78, 5) is 25.3. The largest absolute Gasteiger partial charge is 0.756 e. The Hall–Kier alpha value is -3.88. The van der Waals surface area contributed by atoms with Gasteiger partial charge in [-0.2, -0.15) is 0 Å². The Labute approximate surface area is 416 Å². The van der Waals surface area contributed by atoms with Gasteiger partial charge < -0.3 is 28.8 Å². The number of nitrogens with zero attached hydrogens (tertiary/aromatic N) is 1. The number of phosphoric acid groups is 1. The highest BCUT2D eigenvalue weighted by Crippen LogP contribution is 2.38. The number of aliphatic hydroxyl groups is 1. The average molecular weight is 959 g/mol. The lowest BCUT2D eigenvalue weighted by molar-refractivity contribution is -0.870. The lowest BCUT2D eigenvalue weighted by Gasteiger charge is -2.29. The predicted octanol–water partition coefficient (Wildman–Crippen LogP) is 14.9. The highest BCUT2D eigenvalue weighted by molar-refractivity contribution is 7.45. The number of carbonyl (C=O) groups excluding carboxylic acids is 1. The molecule has 8 nitrogen and oxygen atoms in total. The van der Waals surface area contributed by atoms with Crippen LogP contribution in [0.3, 0.4) is 0 Å². The molecule has 0 aromatic heterocycles. The molecule has 0 fully saturated rings. The van der Waals surface area contributed by atoms with Crippen molar-refractivity contribution in [3.05, 3.63) is 158 Å². The minimum Gasteiger partial charge on any atom is -0.756 e. The molecule has 68 heavy (non-hydrogen) atoms. The zero-order valence-electron chi connectivity index (χ0n) is 43.2. The van der Waals surface area contributed by atoms with Crippen LogP contribution >= 0.6 is 7.82 Å². The molecule has 0 saturated heterocycles. The summed E-state index contributed by atoms with van der Waals surface area (Å²) < 4.78 is 23.2. The van der Waals surface area contributed by atoms with Crippen LogP contribution in [0.25, 0.3) is 0 Å². The SMILES string of the molecule is CC/C=C\C/C=C\C/C=C\C/C=C\C/C=C\C/C=C\C/C=C\C/C=C\C/C=C\C/C=C\CCCCCCC(=O)NC(COP(=O)([O-])OCC[N+](C)(C)C)C(O)/C=C/CC/C=C/CC/C=C/CCC. The molecular formula is C59H95N2O6P. The Morgan fingerprint density at radius 1 is 0.529 bits per heavy atom. The quantitative estimate of drug-likeness (QED) is 0.0273. The second-order valence-corrected chi connectivity index (χ2v) is 19.2. The summed E-state index contributed by atoms with van der Waals surface area (Å²) in [5, 5.41) is 13.7. The minimum absolute atomic E-state index is 0.0241. The summed E-state index contributed by atoms with van der Waals surface area (Å²) in [5.74, 6) is -0.247. The molecule has 0 bridgehead atoms. The number of rotatable bonds is 44. The molecule has 0 spiro atoms. The number of hydrogen-bond acceptors (Lipinski definition) is 6. The van der Waals surface area contributed by atoms with Crippen molar-refractivity contribution in [2.24, 2.45) is 0 Å². The molecule has 0 aliphatic carbocycles. The number of phosphoric ester groups is 1. The lowest BCUT2D eigenvalue weighted by Crippen LogP contribution is -2.45. The number of carbonyl (C=O) groups is 1. The van der Waals surface area contributed by atoms with Gasteiger partial charge in [-0.1, -0.05) is 191 Å². The number of allylic oxidation sites excluding steroid dienone is 25. The van der Waals surface area contributed by atoms with Gasteiger partial charge in [-0.05, 0) is 116 Å². The van der Waals surface area contributed by atoms with E-state index in [4.69, 9.17) is 9.05 Å². The van der Waals surface area contributed by atoms with Crippen LogP contribution in [-0.2, 0) is 18.4 Å². The fraction of sp³-hybridized carbons (Fsp3) is 0.542. The van der Waals surface area contributed by atoms with Crippen molar-refractivity contribution in [2.45, 2.75) is 167 Å². The summed E-state index contributed by atoms with van der Waals surface area (Å²) in [7, 11) is 1.18. The van der Waals surface area contributed by atoms with Gasteiger partial charge in [0.2, 0.25) is 5.91 Å². The summed E-state index contributed by atoms with van der Waals surface area (Å²) in [6.45, 7) is 4.36. The number of quaternary nitrogens is 1. The predicted molar refractivity (Wildman–Crippen MR) is 292 cm³/mol. The van der Waals surface area contributed by atoms with Crippen molar-refractivity contribution < 1.29 is 32.9 Å². The van der Waals surface area contributed by atoms with E-state index in [-0.39, 0.29) is 18.9 Å². The van der Waals surface area contributed by atoms with E-state index in [9.17, 15) is 19.4 Å². The van der Waals surface area contributed by atoms with Crippen LogP contribution in [0.5, 0.6) is 0 Å². The Morgan fingerprint density at radius 3 is 1.34 bits per heavy atom. The van der Waals surface area contributed by atoms with Crippen molar-refractivity contribution in [1.82, 2.24) is 5.32 Å².